The third kappa shape index (κ3) is 3.50. The first-order chi connectivity index (χ1) is 12.4. The minimum atomic E-state index is -3.81. The Hall–Kier alpha value is -2.23. The number of methoxy groups -OCH3 is 1. The molecule has 26 heavy (non-hydrogen) atoms. The molecular formula is C17H18N2O5S2. The number of ether oxygens (including phenoxy) is 1. The number of esters is 1. The highest BCUT2D eigenvalue weighted by Gasteiger charge is 2.33. The Bertz CT molecular complexity index is 900. The Kier molecular flexibility index (Phi) is 5.40. The summed E-state index contributed by atoms with van der Waals surface area (Å²) in [7, 11) is -2.60. The summed E-state index contributed by atoms with van der Waals surface area (Å²) in [5, 5.41) is 1.55. The number of carbonyl (C=O) groups excluding carboxylic acids is 2. The van der Waals surface area contributed by atoms with Crippen molar-refractivity contribution in [2.45, 2.75) is 4.90 Å². The van der Waals surface area contributed by atoms with Crippen LogP contribution in [0.2, 0.25) is 0 Å². The Balaban J connectivity index is 1.73. The van der Waals surface area contributed by atoms with E-state index in [-0.39, 0.29) is 28.8 Å². The average Bonchev–Trinajstić information content (AvgIpc) is 3.18. The molecular weight excluding hydrogens is 376 g/mol. The van der Waals surface area contributed by atoms with Crippen molar-refractivity contribution in [2.24, 2.45) is 0 Å². The number of hydrogen-bond donors (Lipinski definition) is 0. The summed E-state index contributed by atoms with van der Waals surface area (Å²) in [6.45, 7) is 0.948. The summed E-state index contributed by atoms with van der Waals surface area (Å²) >= 11 is 1.03. The van der Waals surface area contributed by atoms with Gasteiger partial charge in [0.2, 0.25) is 10.0 Å². The molecule has 0 aliphatic carbocycles. The molecule has 1 aliphatic rings. The Morgan fingerprint density at radius 1 is 1.04 bits per heavy atom. The second-order valence-electron chi connectivity index (χ2n) is 5.67. The fourth-order valence-electron chi connectivity index (χ4n) is 2.78. The van der Waals surface area contributed by atoms with Crippen molar-refractivity contribution in [3.63, 3.8) is 0 Å². The number of amides is 1. The van der Waals surface area contributed by atoms with Crippen LogP contribution in [0.15, 0.2) is 46.7 Å². The van der Waals surface area contributed by atoms with Crippen LogP contribution in [0.4, 0.5) is 0 Å². The number of rotatable bonds is 4. The first-order valence-electron chi connectivity index (χ1n) is 7.95. The van der Waals surface area contributed by atoms with E-state index in [1.807, 2.05) is 6.07 Å². The van der Waals surface area contributed by atoms with Gasteiger partial charge in [-0.3, -0.25) is 4.79 Å². The normalized spacial score (nSPS) is 15.7. The van der Waals surface area contributed by atoms with Gasteiger partial charge in [0.25, 0.3) is 5.91 Å². The summed E-state index contributed by atoms with van der Waals surface area (Å²) in [5.41, 5.74) is 0.578. The van der Waals surface area contributed by atoms with E-state index < -0.39 is 16.0 Å². The molecule has 1 aromatic carbocycles. The first kappa shape index (κ1) is 18.6. The maximum atomic E-state index is 12.9. The number of benzene rings is 1. The Labute approximate surface area is 155 Å². The lowest BCUT2D eigenvalue weighted by atomic mass is 10.2. The largest absolute Gasteiger partial charge is 0.465 e. The molecule has 0 bridgehead atoms. The van der Waals surface area contributed by atoms with E-state index >= 15 is 0 Å². The van der Waals surface area contributed by atoms with Gasteiger partial charge in [-0.05, 0) is 23.6 Å². The van der Waals surface area contributed by atoms with Crippen molar-refractivity contribution in [1.29, 1.82) is 0 Å². The molecule has 0 saturated carbocycles. The molecule has 9 heteroatoms. The van der Waals surface area contributed by atoms with Gasteiger partial charge in [-0.15, -0.1) is 11.3 Å². The number of carbonyl (C=O) groups is 2. The van der Waals surface area contributed by atoms with Crippen LogP contribution >= 0.6 is 11.3 Å². The number of nitrogens with zero attached hydrogens (tertiary/aromatic N) is 2. The van der Waals surface area contributed by atoms with Crippen molar-refractivity contribution < 1.29 is 22.7 Å². The van der Waals surface area contributed by atoms with Crippen LogP contribution in [0.1, 0.15) is 20.0 Å². The molecule has 7 nitrogen and oxygen atoms in total. The molecule has 0 radical (unpaired) electrons. The molecule has 2 heterocycles. The first-order valence-corrected chi connectivity index (χ1v) is 10.3. The molecule has 2 aromatic rings. The molecule has 0 unspecified atom stereocenters. The maximum Gasteiger partial charge on any atom is 0.349 e. The number of thiophene rings is 1. The van der Waals surface area contributed by atoms with Crippen molar-refractivity contribution >= 4 is 33.2 Å². The van der Waals surface area contributed by atoms with Crippen molar-refractivity contribution in [3.8, 4) is 0 Å². The van der Waals surface area contributed by atoms with Crippen LogP contribution in [0.25, 0.3) is 0 Å². The molecule has 0 N–H and O–H groups in total. The zero-order chi connectivity index (χ0) is 18.7. The van der Waals surface area contributed by atoms with Crippen LogP contribution in [0.5, 0.6) is 0 Å². The third-order valence-electron chi connectivity index (χ3n) is 4.16. The predicted molar refractivity (Wildman–Crippen MR) is 96.8 cm³/mol. The lowest BCUT2D eigenvalue weighted by molar-refractivity contribution is 0.0602. The maximum absolute atomic E-state index is 12.9. The van der Waals surface area contributed by atoms with Gasteiger partial charge in [-0.2, -0.15) is 4.31 Å². The zero-order valence-corrected chi connectivity index (χ0v) is 15.8. The van der Waals surface area contributed by atoms with E-state index in [2.05, 4.69) is 4.74 Å². The van der Waals surface area contributed by atoms with Crippen LogP contribution < -0.4 is 0 Å². The highest BCUT2D eigenvalue weighted by molar-refractivity contribution is 7.89. The van der Waals surface area contributed by atoms with Crippen LogP contribution in [0.3, 0.4) is 0 Å². The fourth-order valence-corrected chi connectivity index (χ4v) is 5.51. The minimum Gasteiger partial charge on any atom is -0.465 e. The monoisotopic (exact) mass is 394 g/mol. The van der Waals surface area contributed by atoms with Crippen LogP contribution in [0, 0.1) is 0 Å². The lowest BCUT2D eigenvalue weighted by Gasteiger charge is -2.34. The fraction of sp³-hybridized carbons (Fsp3) is 0.294. The minimum absolute atomic E-state index is 0.0443. The molecule has 1 aromatic heterocycles. The van der Waals surface area contributed by atoms with E-state index in [1.165, 1.54) is 17.5 Å². The van der Waals surface area contributed by atoms with Gasteiger partial charge in [0, 0.05) is 31.7 Å². The summed E-state index contributed by atoms with van der Waals surface area (Å²) < 4.78 is 31.7. The SMILES string of the molecule is COC(=O)c1sccc1S(=O)(=O)N1CCN(C(=O)c2ccccc2)CC1. The molecule has 1 saturated heterocycles. The van der Waals surface area contributed by atoms with Crippen molar-refractivity contribution in [2.75, 3.05) is 33.3 Å². The van der Waals surface area contributed by atoms with Gasteiger partial charge >= 0.3 is 5.97 Å². The summed E-state index contributed by atoms with van der Waals surface area (Å²) in [6.07, 6.45) is 0. The summed E-state index contributed by atoms with van der Waals surface area (Å²) in [4.78, 5) is 25.9. The number of piperazine rings is 1. The Morgan fingerprint density at radius 2 is 1.69 bits per heavy atom. The van der Waals surface area contributed by atoms with Gasteiger partial charge < -0.3 is 9.64 Å². The van der Waals surface area contributed by atoms with Crippen molar-refractivity contribution in [3.05, 3.63) is 52.2 Å². The van der Waals surface area contributed by atoms with Gasteiger partial charge in [0.1, 0.15) is 9.77 Å². The topological polar surface area (TPSA) is 84.0 Å². The van der Waals surface area contributed by atoms with E-state index in [0.29, 0.717) is 18.7 Å². The van der Waals surface area contributed by atoms with Gasteiger partial charge in [0.05, 0.1) is 7.11 Å². The van der Waals surface area contributed by atoms with Crippen LogP contribution in [-0.2, 0) is 14.8 Å². The standard InChI is InChI=1S/C17H18N2O5S2/c1-24-17(21)15-14(7-12-25-15)26(22,23)19-10-8-18(9-11-19)16(20)13-5-3-2-4-6-13/h2-7,12H,8-11H2,1H3. The summed E-state index contributed by atoms with van der Waals surface area (Å²) in [5.74, 6) is -0.787. The van der Waals surface area contributed by atoms with E-state index in [0.717, 1.165) is 11.3 Å². The molecule has 138 valence electrons. The quantitative estimate of drug-likeness (QED) is 0.737. The van der Waals surface area contributed by atoms with Gasteiger partial charge in [-0.1, -0.05) is 18.2 Å². The molecule has 0 atom stereocenters. The molecule has 3 rings (SSSR count). The smallest absolute Gasteiger partial charge is 0.349 e. The van der Waals surface area contributed by atoms with Gasteiger partial charge in [-0.25, -0.2) is 13.2 Å². The van der Waals surface area contributed by atoms with E-state index in [1.54, 1.807) is 34.5 Å². The van der Waals surface area contributed by atoms with Gasteiger partial charge in [0.15, 0.2) is 0 Å². The molecule has 1 aliphatic heterocycles. The van der Waals surface area contributed by atoms with Crippen LogP contribution in [-0.4, -0.2) is 62.8 Å². The van der Waals surface area contributed by atoms with Crippen molar-refractivity contribution in [1.82, 2.24) is 9.21 Å². The number of hydrogen-bond acceptors (Lipinski definition) is 6. The van der Waals surface area contributed by atoms with E-state index in [9.17, 15) is 18.0 Å². The average molecular weight is 394 g/mol. The lowest BCUT2D eigenvalue weighted by Crippen LogP contribution is -2.50. The highest BCUT2D eigenvalue weighted by Crippen LogP contribution is 2.26. The Morgan fingerprint density at radius 3 is 2.31 bits per heavy atom. The second kappa shape index (κ2) is 7.56. The highest BCUT2D eigenvalue weighted by atomic mass is 32.2. The second-order valence-corrected chi connectivity index (χ2v) is 8.49. The molecule has 1 amide bonds. The zero-order valence-electron chi connectivity index (χ0n) is 14.1. The molecule has 1 fully saturated rings. The summed E-state index contributed by atoms with van der Waals surface area (Å²) in [6, 6.07) is 10.3. The number of sulfonamides is 1. The van der Waals surface area contributed by atoms with E-state index in [4.69, 9.17) is 0 Å². The third-order valence-corrected chi connectivity index (χ3v) is 7.13. The molecule has 0 spiro atoms. The predicted octanol–water partition coefficient (Wildman–Crippen LogP) is 1.68.